The van der Waals surface area contributed by atoms with Crippen molar-refractivity contribution in [2.75, 3.05) is 11.1 Å². The van der Waals surface area contributed by atoms with E-state index in [1.807, 2.05) is 55.5 Å². The van der Waals surface area contributed by atoms with Gasteiger partial charge in [-0.15, -0.1) is 0 Å². The number of anilines is 3. The first-order valence-corrected chi connectivity index (χ1v) is 6.60. The first-order chi connectivity index (χ1) is 10.2. The van der Waals surface area contributed by atoms with Crippen LogP contribution in [-0.2, 0) is 0 Å². The molecule has 3 rings (SSSR count). The van der Waals surface area contributed by atoms with Gasteiger partial charge in [0.2, 0.25) is 0 Å². The van der Waals surface area contributed by atoms with Crippen LogP contribution in [0.2, 0.25) is 0 Å². The number of hydrogen-bond acceptors (Lipinski definition) is 4. The van der Waals surface area contributed by atoms with Crippen molar-refractivity contribution in [1.82, 2.24) is 4.98 Å². The summed E-state index contributed by atoms with van der Waals surface area (Å²) in [4.78, 5) is 4.53. The summed E-state index contributed by atoms with van der Waals surface area (Å²) in [6.07, 6.45) is 0. The van der Waals surface area contributed by atoms with Crippen LogP contribution in [0.15, 0.2) is 48.5 Å². The third-order valence-electron chi connectivity index (χ3n) is 3.21. The average Bonchev–Trinajstić information content (AvgIpc) is 2.45. The molecule has 21 heavy (non-hydrogen) atoms. The first-order valence-electron chi connectivity index (χ1n) is 6.60. The normalized spacial score (nSPS) is 10.3. The van der Waals surface area contributed by atoms with Crippen LogP contribution in [0.1, 0.15) is 11.1 Å². The van der Waals surface area contributed by atoms with Gasteiger partial charge in [-0.1, -0.05) is 18.2 Å². The first kappa shape index (κ1) is 12.9. The molecule has 102 valence electrons. The lowest BCUT2D eigenvalue weighted by Crippen LogP contribution is -1.99. The second-order valence-electron chi connectivity index (χ2n) is 4.95. The maximum atomic E-state index is 9.31. The van der Waals surface area contributed by atoms with Crippen molar-refractivity contribution in [2.24, 2.45) is 0 Å². The standard InChI is InChI=1S/C17H14N4/c1-11-6-14(19)9-15(7-11)20-17-13(10-18)8-12-4-2-3-5-16(12)21-17/h2-9H,19H2,1H3,(H,20,21). The van der Waals surface area contributed by atoms with Crippen LogP contribution >= 0.6 is 0 Å². The van der Waals surface area contributed by atoms with Crippen LogP contribution < -0.4 is 11.1 Å². The third kappa shape index (κ3) is 2.63. The molecule has 0 bridgehead atoms. The van der Waals surface area contributed by atoms with E-state index in [-0.39, 0.29) is 0 Å². The smallest absolute Gasteiger partial charge is 0.149 e. The number of hydrogen-bond donors (Lipinski definition) is 2. The lowest BCUT2D eigenvalue weighted by molar-refractivity contribution is 1.33. The number of nitrogens with zero attached hydrogens (tertiary/aromatic N) is 2. The maximum Gasteiger partial charge on any atom is 0.149 e. The SMILES string of the molecule is Cc1cc(N)cc(Nc2nc3ccccc3cc2C#N)c1. The van der Waals surface area contributed by atoms with Crippen molar-refractivity contribution in [3.05, 3.63) is 59.7 Å². The van der Waals surface area contributed by atoms with E-state index in [2.05, 4.69) is 16.4 Å². The van der Waals surface area contributed by atoms with Gasteiger partial charge in [-0.2, -0.15) is 5.26 Å². The molecule has 2 aromatic carbocycles. The zero-order valence-corrected chi connectivity index (χ0v) is 11.6. The van der Waals surface area contributed by atoms with Gasteiger partial charge in [0.1, 0.15) is 11.9 Å². The summed E-state index contributed by atoms with van der Waals surface area (Å²) in [7, 11) is 0. The van der Waals surface area contributed by atoms with E-state index in [9.17, 15) is 5.26 Å². The molecule has 4 heteroatoms. The van der Waals surface area contributed by atoms with Crippen LogP contribution in [-0.4, -0.2) is 4.98 Å². The van der Waals surface area contributed by atoms with Gasteiger partial charge < -0.3 is 11.1 Å². The van der Waals surface area contributed by atoms with E-state index >= 15 is 0 Å². The Balaban J connectivity index is 2.09. The number of nitrogens with two attached hydrogens (primary N) is 1. The van der Waals surface area contributed by atoms with Crippen molar-refractivity contribution < 1.29 is 0 Å². The Morgan fingerprint density at radius 1 is 1.14 bits per heavy atom. The van der Waals surface area contributed by atoms with E-state index in [1.165, 1.54) is 0 Å². The summed E-state index contributed by atoms with van der Waals surface area (Å²) in [5, 5.41) is 13.4. The van der Waals surface area contributed by atoms with E-state index in [0.717, 1.165) is 22.2 Å². The zero-order valence-electron chi connectivity index (χ0n) is 11.6. The number of rotatable bonds is 2. The second kappa shape index (κ2) is 5.14. The number of nitrogens with one attached hydrogen (secondary N) is 1. The fourth-order valence-corrected chi connectivity index (χ4v) is 2.32. The number of pyridine rings is 1. The van der Waals surface area contributed by atoms with Crippen molar-refractivity contribution in [2.45, 2.75) is 6.92 Å². The average molecular weight is 274 g/mol. The molecule has 0 amide bonds. The minimum Gasteiger partial charge on any atom is -0.399 e. The predicted molar refractivity (Wildman–Crippen MR) is 85.3 cm³/mol. The van der Waals surface area contributed by atoms with Crippen LogP contribution in [0.25, 0.3) is 10.9 Å². The predicted octanol–water partition coefficient (Wildman–Crippen LogP) is 3.74. The second-order valence-corrected chi connectivity index (χ2v) is 4.95. The highest BCUT2D eigenvalue weighted by Gasteiger charge is 2.07. The molecule has 0 aliphatic carbocycles. The van der Waals surface area contributed by atoms with Gasteiger partial charge in [0.25, 0.3) is 0 Å². The molecule has 0 saturated heterocycles. The van der Waals surface area contributed by atoms with Crippen LogP contribution in [0.4, 0.5) is 17.2 Å². The van der Waals surface area contributed by atoms with Crippen molar-refractivity contribution in [3.8, 4) is 6.07 Å². The minimum atomic E-state index is 0.508. The number of nitrogen functional groups attached to an aromatic ring is 1. The fraction of sp³-hybridized carbons (Fsp3) is 0.0588. The summed E-state index contributed by atoms with van der Waals surface area (Å²) in [5.41, 5.74) is 9.76. The highest BCUT2D eigenvalue weighted by atomic mass is 15.0. The Morgan fingerprint density at radius 2 is 1.95 bits per heavy atom. The molecule has 1 aromatic heterocycles. The highest BCUT2D eigenvalue weighted by Crippen LogP contribution is 2.25. The van der Waals surface area contributed by atoms with E-state index < -0.39 is 0 Å². The molecule has 0 spiro atoms. The molecule has 1 heterocycles. The van der Waals surface area contributed by atoms with Crippen molar-refractivity contribution >= 4 is 28.1 Å². The highest BCUT2D eigenvalue weighted by molar-refractivity contribution is 5.84. The zero-order chi connectivity index (χ0) is 14.8. The molecular weight excluding hydrogens is 260 g/mol. The van der Waals surface area contributed by atoms with E-state index in [0.29, 0.717) is 17.1 Å². The van der Waals surface area contributed by atoms with Gasteiger partial charge in [0.05, 0.1) is 11.1 Å². The quantitative estimate of drug-likeness (QED) is 0.698. The van der Waals surface area contributed by atoms with Crippen molar-refractivity contribution in [3.63, 3.8) is 0 Å². The molecule has 0 saturated carbocycles. The monoisotopic (exact) mass is 274 g/mol. The van der Waals surface area contributed by atoms with Crippen LogP contribution in [0.3, 0.4) is 0 Å². The van der Waals surface area contributed by atoms with Crippen LogP contribution in [0.5, 0.6) is 0 Å². The molecule has 3 aromatic rings. The van der Waals surface area contributed by atoms with E-state index in [1.54, 1.807) is 0 Å². The maximum absolute atomic E-state index is 9.31. The molecule has 0 unspecified atom stereocenters. The van der Waals surface area contributed by atoms with Crippen LogP contribution in [0, 0.1) is 18.3 Å². The van der Waals surface area contributed by atoms with Gasteiger partial charge >= 0.3 is 0 Å². The number of para-hydroxylation sites is 1. The largest absolute Gasteiger partial charge is 0.399 e. The minimum absolute atomic E-state index is 0.508. The van der Waals surface area contributed by atoms with Gasteiger partial charge in [-0.05, 0) is 42.8 Å². The molecule has 0 radical (unpaired) electrons. The lowest BCUT2D eigenvalue weighted by atomic mass is 10.1. The molecule has 0 fully saturated rings. The summed E-state index contributed by atoms with van der Waals surface area (Å²) < 4.78 is 0. The molecule has 4 nitrogen and oxygen atoms in total. The number of benzene rings is 2. The number of nitriles is 1. The van der Waals surface area contributed by atoms with E-state index in [4.69, 9.17) is 5.73 Å². The molecule has 0 aliphatic heterocycles. The van der Waals surface area contributed by atoms with Crippen molar-refractivity contribution in [1.29, 1.82) is 5.26 Å². The lowest BCUT2D eigenvalue weighted by Gasteiger charge is -2.10. The Kier molecular flexibility index (Phi) is 3.17. The van der Waals surface area contributed by atoms with Gasteiger partial charge in [-0.25, -0.2) is 4.98 Å². The Labute approximate surface area is 122 Å². The molecular formula is C17H14N4. The van der Waals surface area contributed by atoms with Gasteiger partial charge in [0, 0.05) is 16.8 Å². The summed E-state index contributed by atoms with van der Waals surface area (Å²) in [6.45, 7) is 1.97. The summed E-state index contributed by atoms with van der Waals surface area (Å²) >= 11 is 0. The van der Waals surface area contributed by atoms with Gasteiger partial charge in [0.15, 0.2) is 0 Å². The Morgan fingerprint density at radius 3 is 2.71 bits per heavy atom. The molecule has 0 aliphatic rings. The molecule has 0 atom stereocenters. The summed E-state index contributed by atoms with van der Waals surface area (Å²) in [6, 6.07) is 17.4. The summed E-state index contributed by atoms with van der Waals surface area (Å²) in [5.74, 6) is 0.543. The Hall–Kier alpha value is -3.06. The number of fused-ring (bicyclic) bond motifs is 1. The molecule has 3 N–H and O–H groups in total. The fourth-order valence-electron chi connectivity index (χ4n) is 2.32. The third-order valence-corrected chi connectivity index (χ3v) is 3.21. The van der Waals surface area contributed by atoms with Gasteiger partial charge in [-0.3, -0.25) is 0 Å². The number of aromatic nitrogens is 1. The topological polar surface area (TPSA) is 74.7 Å². The number of aryl methyl sites for hydroxylation is 1. The Bertz CT molecular complexity index is 842.